The van der Waals surface area contributed by atoms with Crippen LogP contribution >= 0.6 is 0 Å². The maximum Gasteiger partial charge on any atom is -0.0256 e. The van der Waals surface area contributed by atoms with Crippen LogP contribution in [0.4, 0.5) is 0 Å². The lowest BCUT2D eigenvalue weighted by Gasteiger charge is -2.02. The van der Waals surface area contributed by atoms with Gasteiger partial charge in [0.15, 0.2) is 0 Å². The van der Waals surface area contributed by atoms with Crippen LogP contribution in [0.15, 0.2) is 54.1 Å². The Morgan fingerprint density at radius 2 is 1.76 bits per heavy atom. The molecule has 0 unspecified atom stereocenters. The molecule has 0 fully saturated rings. The summed E-state index contributed by atoms with van der Waals surface area (Å²) in [6.45, 7) is 6.62. The van der Waals surface area contributed by atoms with Crippen molar-refractivity contribution in [1.29, 1.82) is 0 Å². The van der Waals surface area contributed by atoms with Gasteiger partial charge in [0.05, 0.1) is 0 Å². The smallest absolute Gasteiger partial charge is 0.0256 e. The predicted octanol–water partition coefficient (Wildman–Crippen LogP) is 5.17. The molecule has 1 aliphatic carbocycles. The second-order valence-corrected chi connectivity index (χ2v) is 5.01. The molecule has 0 spiro atoms. The topological polar surface area (TPSA) is 0 Å². The molecule has 0 amide bonds. The highest BCUT2D eigenvalue weighted by Crippen LogP contribution is 2.07. The first-order valence-corrected chi connectivity index (χ1v) is 6.55. The number of benzene rings is 1. The molecule has 1 aromatic carbocycles. The number of hydrogen-bond acceptors (Lipinski definition) is 0. The molecule has 0 saturated heterocycles. The van der Waals surface area contributed by atoms with Crippen LogP contribution in [0, 0.1) is 5.92 Å². The molecule has 17 heavy (non-hydrogen) atoms. The van der Waals surface area contributed by atoms with Gasteiger partial charge in [0.2, 0.25) is 0 Å². The second-order valence-electron chi connectivity index (χ2n) is 5.01. The first-order valence-electron chi connectivity index (χ1n) is 6.55. The SMILES string of the molecule is CC(C)Cc1ccccc1.CC1=CCCC=C1. The number of allylic oxidation sites excluding steroid dienone is 4. The second kappa shape index (κ2) is 7.89. The minimum atomic E-state index is 0.766. The average molecular weight is 228 g/mol. The molecule has 2 rings (SSSR count). The average Bonchev–Trinajstić information content (AvgIpc) is 2.31. The van der Waals surface area contributed by atoms with Crippen molar-refractivity contribution in [2.24, 2.45) is 5.92 Å². The Labute approximate surface area is 106 Å². The predicted molar refractivity (Wildman–Crippen MR) is 77.1 cm³/mol. The van der Waals surface area contributed by atoms with E-state index in [4.69, 9.17) is 0 Å². The monoisotopic (exact) mass is 228 g/mol. The van der Waals surface area contributed by atoms with Gasteiger partial charge in [-0.25, -0.2) is 0 Å². The molecule has 0 aliphatic heterocycles. The van der Waals surface area contributed by atoms with E-state index in [0.717, 1.165) is 5.92 Å². The minimum absolute atomic E-state index is 0.766. The maximum atomic E-state index is 2.26. The molecule has 0 aromatic heterocycles. The summed E-state index contributed by atoms with van der Waals surface area (Å²) in [5, 5.41) is 0. The fraction of sp³-hybridized carbons (Fsp3) is 0.412. The van der Waals surface area contributed by atoms with Gasteiger partial charge >= 0.3 is 0 Å². The zero-order chi connectivity index (χ0) is 12.5. The third-order valence-electron chi connectivity index (χ3n) is 2.67. The maximum absolute atomic E-state index is 2.26. The van der Waals surface area contributed by atoms with E-state index >= 15 is 0 Å². The zero-order valence-electron chi connectivity index (χ0n) is 11.3. The van der Waals surface area contributed by atoms with Crippen LogP contribution in [0.5, 0.6) is 0 Å². The van der Waals surface area contributed by atoms with Crippen LogP contribution in [0.1, 0.15) is 39.2 Å². The molecule has 0 saturated carbocycles. The van der Waals surface area contributed by atoms with Crippen LogP contribution in [-0.4, -0.2) is 0 Å². The van der Waals surface area contributed by atoms with Gasteiger partial charge in [0.25, 0.3) is 0 Å². The van der Waals surface area contributed by atoms with E-state index in [0.29, 0.717) is 0 Å². The molecule has 0 heteroatoms. The number of hydrogen-bond donors (Lipinski definition) is 0. The van der Waals surface area contributed by atoms with E-state index in [1.54, 1.807) is 0 Å². The highest BCUT2D eigenvalue weighted by Gasteiger charge is 1.94. The van der Waals surface area contributed by atoms with Crippen molar-refractivity contribution in [3.05, 3.63) is 59.7 Å². The largest absolute Gasteiger partial charge is 0.0840 e. The molecular formula is C17H24. The molecule has 0 atom stereocenters. The third-order valence-corrected chi connectivity index (χ3v) is 2.67. The Morgan fingerprint density at radius 1 is 1.06 bits per heavy atom. The van der Waals surface area contributed by atoms with Crippen molar-refractivity contribution in [1.82, 2.24) is 0 Å². The Bertz CT molecular complexity index is 355. The first-order chi connectivity index (χ1) is 8.18. The Hall–Kier alpha value is -1.30. The van der Waals surface area contributed by atoms with Crippen LogP contribution < -0.4 is 0 Å². The summed E-state index contributed by atoms with van der Waals surface area (Å²) in [5.74, 6) is 0.766. The minimum Gasteiger partial charge on any atom is -0.0840 e. The van der Waals surface area contributed by atoms with Gasteiger partial charge in [0, 0.05) is 0 Å². The van der Waals surface area contributed by atoms with Gasteiger partial charge in [-0.3, -0.25) is 0 Å². The number of rotatable bonds is 2. The van der Waals surface area contributed by atoms with E-state index in [-0.39, 0.29) is 0 Å². The van der Waals surface area contributed by atoms with Gasteiger partial charge in [-0.05, 0) is 37.7 Å². The van der Waals surface area contributed by atoms with Crippen molar-refractivity contribution >= 4 is 0 Å². The molecule has 0 heterocycles. The van der Waals surface area contributed by atoms with Crippen molar-refractivity contribution in [2.45, 2.75) is 40.0 Å². The molecule has 1 aromatic rings. The van der Waals surface area contributed by atoms with Crippen LogP contribution in [-0.2, 0) is 6.42 Å². The van der Waals surface area contributed by atoms with Crippen molar-refractivity contribution in [3.63, 3.8) is 0 Å². The summed E-state index contributed by atoms with van der Waals surface area (Å²) >= 11 is 0. The van der Waals surface area contributed by atoms with Crippen molar-refractivity contribution in [2.75, 3.05) is 0 Å². The van der Waals surface area contributed by atoms with E-state index in [1.165, 1.54) is 30.4 Å². The van der Waals surface area contributed by atoms with Gasteiger partial charge in [-0.15, -0.1) is 0 Å². The summed E-state index contributed by atoms with van der Waals surface area (Å²) in [6, 6.07) is 10.6. The van der Waals surface area contributed by atoms with Gasteiger partial charge in [-0.1, -0.05) is 68.0 Å². The van der Waals surface area contributed by atoms with E-state index < -0.39 is 0 Å². The van der Waals surface area contributed by atoms with E-state index in [2.05, 4.69) is 69.3 Å². The lowest BCUT2D eigenvalue weighted by atomic mass is 10.0. The molecule has 0 bridgehead atoms. The lowest BCUT2D eigenvalue weighted by Crippen LogP contribution is -1.92. The van der Waals surface area contributed by atoms with Crippen LogP contribution in [0.2, 0.25) is 0 Å². The quantitative estimate of drug-likeness (QED) is 0.655. The van der Waals surface area contributed by atoms with Crippen LogP contribution in [0.3, 0.4) is 0 Å². The van der Waals surface area contributed by atoms with Crippen molar-refractivity contribution in [3.8, 4) is 0 Å². The van der Waals surface area contributed by atoms with Gasteiger partial charge in [0.1, 0.15) is 0 Å². The van der Waals surface area contributed by atoms with E-state index in [9.17, 15) is 0 Å². The molecule has 0 nitrogen and oxygen atoms in total. The van der Waals surface area contributed by atoms with Gasteiger partial charge < -0.3 is 0 Å². The Morgan fingerprint density at radius 3 is 2.18 bits per heavy atom. The van der Waals surface area contributed by atoms with Crippen molar-refractivity contribution < 1.29 is 0 Å². The summed E-state index contributed by atoms with van der Waals surface area (Å²) in [7, 11) is 0. The molecule has 0 N–H and O–H groups in total. The first kappa shape index (κ1) is 13.8. The van der Waals surface area contributed by atoms with Crippen LogP contribution in [0.25, 0.3) is 0 Å². The summed E-state index contributed by atoms with van der Waals surface area (Å²) in [4.78, 5) is 0. The lowest BCUT2D eigenvalue weighted by molar-refractivity contribution is 0.647. The van der Waals surface area contributed by atoms with Gasteiger partial charge in [-0.2, -0.15) is 0 Å². The normalized spacial score (nSPS) is 14.0. The highest BCUT2D eigenvalue weighted by molar-refractivity contribution is 5.19. The fourth-order valence-electron chi connectivity index (χ4n) is 1.83. The molecular weight excluding hydrogens is 204 g/mol. The Balaban J connectivity index is 0.000000181. The zero-order valence-corrected chi connectivity index (χ0v) is 11.3. The fourth-order valence-corrected chi connectivity index (χ4v) is 1.83. The Kier molecular flexibility index (Phi) is 6.39. The molecule has 1 aliphatic rings. The third kappa shape index (κ3) is 6.78. The standard InChI is InChI=1S/C10H14.C7H10/c1-9(2)8-10-6-4-3-5-7-10;1-7-5-3-2-4-6-7/h3-7,9H,8H2,1-2H3;3,5-6H,2,4H2,1H3. The highest BCUT2D eigenvalue weighted by atomic mass is 14.0. The summed E-state index contributed by atoms with van der Waals surface area (Å²) < 4.78 is 0. The summed E-state index contributed by atoms with van der Waals surface area (Å²) in [6.07, 6.45) is 10.3. The molecule has 0 radical (unpaired) electrons. The summed E-state index contributed by atoms with van der Waals surface area (Å²) in [5.41, 5.74) is 2.85. The molecule has 92 valence electrons. The van der Waals surface area contributed by atoms with E-state index in [1.807, 2.05) is 0 Å².